The largest absolute Gasteiger partial charge is 0.441 e. The van der Waals surface area contributed by atoms with Crippen LogP contribution in [0.1, 0.15) is 29.0 Å². The van der Waals surface area contributed by atoms with Crippen molar-refractivity contribution in [3.05, 3.63) is 71.2 Å². The third-order valence-electron chi connectivity index (χ3n) is 6.15. The molecule has 7 nitrogen and oxygen atoms in total. The van der Waals surface area contributed by atoms with E-state index in [-0.39, 0.29) is 30.3 Å². The highest BCUT2D eigenvalue weighted by Gasteiger charge is 2.30. The fourth-order valence-electron chi connectivity index (χ4n) is 3.86. The first-order valence-electron chi connectivity index (χ1n) is 11.1. The maximum absolute atomic E-state index is 12.8. The molecule has 0 aliphatic carbocycles. The Morgan fingerprint density at radius 3 is 2.33 bits per heavy atom. The minimum absolute atomic E-state index is 0.0201. The number of oxazole rings is 1. The maximum atomic E-state index is 12.8. The van der Waals surface area contributed by atoms with Gasteiger partial charge in [-0.05, 0) is 50.1 Å². The fourth-order valence-corrected chi connectivity index (χ4v) is 5.29. The SMILES string of the molecule is Cc1ccc(S(=O)(=O)N2CCN(C(=O)CCc3ncc(-c4ccc(C)c(C)c4)o3)CC2)cc1. The molecule has 0 atom stereocenters. The summed E-state index contributed by atoms with van der Waals surface area (Å²) in [6.45, 7) is 7.38. The van der Waals surface area contributed by atoms with E-state index in [4.69, 9.17) is 4.42 Å². The van der Waals surface area contributed by atoms with Crippen molar-refractivity contribution in [2.75, 3.05) is 26.2 Å². The van der Waals surface area contributed by atoms with Gasteiger partial charge < -0.3 is 9.32 Å². The van der Waals surface area contributed by atoms with Gasteiger partial charge in [-0.25, -0.2) is 13.4 Å². The van der Waals surface area contributed by atoms with E-state index in [0.717, 1.165) is 11.1 Å². The van der Waals surface area contributed by atoms with Gasteiger partial charge >= 0.3 is 0 Å². The second kappa shape index (κ2) is 9.49. The van der Waals surface area contributed by atoms with Crippen LogP contribution in [0.25, 0.3) is 11.3 Å². The summed E-state index contributed by atoms with van der Waals surface area (Å²) in [5.41, 5.74) is 4.38. The Morgan fingerprint density at radius 2 is 1.67 bits per heavy atom. The smallest absolute Gasteiger partial charge is 0.243 e. The number of aryl methyl sites for hydroxylation is 4. The summed E-state index contributed by atoms with van der Waals surface area (Å²) in [4.78, 5) is 19.0. The average molecular weight is 468 g/mol. The van der Waals surface area contributed by atoms with Gasteiger partial charge in [0.1, 0.15) is 0 Å². The Hall–Kier alpha value is -2.97. The predicted octanol–water partition coefficient (Wildman–Crippen LogP) is 3.73. The first kappa shape index (κ1) is 23.2. The van der Waals surface area contributed by atoms with Crippen molar-refractivity contribution in [2.45, 2.75) is 38.5 Å². The average Bonchev–Trinajstić information content (AvgIpc) is 3.29. The lowest BCUT2D eigenvalue weighted by atomic mass is 10.1. The standard InChI is InChI=1S/C25H29N3O4S/c1-18-4-8-22(9-5-18)33(30,31)28-14-12-27(13-15-28)25(29)11-10-24-26-17-23(32-24)21-7-6-19(2)20(3)16-21/h4-9,16-17H,10-15H2,1-3H3. The summed E-state index contributed by atoms with van der Waals surface area (Å²) < 4.78 is 33.0. The summed E-state index contributed by atoms with van der Waals surface area (Å²) in [5, 5.41) is 0. The number of hydrogen-bond donors (Lipinski definition) is 0. The third kappa shape index (κ3) is 5.17. The van der Waals surface area contributed by atoms with Gasteiger partial charge in [0.25, 0.3) is 0 Å². The predicted molar refractivity (Wildman–Crippen MR) is 126 cm³/mol. The molecule has 0 radical (unpaired) electrons. The van der Waals surface area contributed by atoms with E-state index < -0.39 is 10.0 Å². The zero-order chi connectivity index (χ0) is 23.6. The normalized spacial score (nSPS) is 15.1. The minimum Gasteiger partial charge on any atom is -0.441 e. The van der Waals surface area contributed by atoms with Gasteiger partial charge in [0, 0.05) is 44.6 Å². The van der Waals surface area contributed by atoms with E-state index in [0.29, 0.717) is 31.2 Å². The Bertz CT molecular complexity index is 1240. The van der Waals surface area contributed by atoms with Gasteiger partial charge in [0.2, 0.25) is 15.9 Å². The van der Waals surface area contributed by atoms with Crippen LogP contribution >= 0.6 is 0 Å². The van der Waals surface area contributed by atoms with Crippen molar-refractivity contribution in [2.24, 2.45) is 0 Å². The molecule has 2 heterocycles. The molecule has 0 bridgehead atoms. The van der Waals surface area contributed by atoms with Crippen molar-refractivity contribution in [3.8, 4) is 11.3 Å². The van der Waals surface area contributed by atoms with Gasteiger partial charge in [0.05, 0.1) is 11.1 Å². The number of aromatic nitrogens is 1. The van der Waals surface area contributed by atoms with E-state index in [1.54, 1.807) is 35.4 Å². The number of piperazine rings is 1. The van der Waals surface area contributed by atoms with Crippen molar-refractivity contribution < 1.29 is 17.6 Å². The van der Waals surface area contributed by atoms with Crippen LogP contribution in [0.3, 0.4) is 0 Å². The van der Waals surface area contributed by atoms with Gasteiger partial charge in [-0.2, -0.15) is 4.31 Å². The first-order valence-corrected chi connectivity index (χ1v) is 12.5. The van der Waals surface area contributed by atoms with Crippen LogP contribution in [-0.4, -0.2) is 54.7 Å². The Balaban J connectivity index is 1.30. The van der Waals surface area contributed by atoms with Crippen molar-refractivity contribution in [1.29, 1.82) is 0 Å². The Labute approximate surface area is 195 Å². The van der Waals surface area contributed by atoms with E-state index in [9.17, 15) is 13.2 Å². The van der Waals surface area contributed by atoms with E-state index in [1.165, 1.54) is 15.4 Å². The van der Waals surface area contributed by atoms with E-state index in [1.807, 2.05) is 13.0 Å². The molecule has 1 aliphatic heterocycles. The van der Waals surface area contributed by atoms with Gasteiger partial charge in [-0.1, -0.05) is 29.8 Å². The molecule has 0 saturated carbocycles. The number of sulfonamides is 1. The van der Waals surface area contributed by atoms with Crippen LogP contribution < -0.4 is 0 Å². The summed E-state index contributed by atoms with van der Waals surface area (Å²) in [6, 6.07) is 13.0. The topological polar surface area (TPSA) is 83.7 Å². The molecule has 0 unspecified atom stereocenters. The molecule has 174 valence electrons. The maximum Gasteiger partial charge on any atom is 0.243 e. The number of nitrogens with zero attached hydrogens (tertiary/aromatic N) is 3. The van der Waals surface area contributed by atoms with Crippen molar-refractivity contribution >= 4 is 15.9 Å². The highest BCUT2D eigenvalue weighted by molar-refractivity contribution is 7.89. The highest BCUT2D eigenvalue weighted by atomic mass is 32.2. The molecule has 0 N–H and O–H groups in total. The monoisotopic (exact) mass is 467 g/mol. The number of benzene rings is 2. The Kier molecular flexibility index (Phi) is 6.67. The van der Waals surface area contributed by atoms with Gasteiger partial charge in [0.15, 0.2) is 11.7 Å². The molecule has 8 heteroatoms. The number of carbonyl (C=O) groups is 1. The number of amides is 1. The number of carbonyl (C=O) groups excluding carboxylic acids is 1. The minimum atomic E-state index is -3.54. The highest BCUT2D eigenvalue weighted by Crippen LogP contribution is 2.24. The number of rotatable bonds is 6. The zero-order valence-electron chi connectivity index (χ0n) is 19.2. The molecule has 2 aromatic carbocycles. The van der Waals surface area contributed by atoms with E-state index in [2.05, 4.69) is 31.0 Å². The lowest BCUT2D eigenvalue weighted by Crippen LogP contribution is -2.50. The van der Waals surface area contributed by atoms with Crippen LogP contribution in [0.15, 0.2) is 58.0 Å². The van der Waals surface area contributed by atoms with Crippen LogP contribution in [0.2, 0.25) is 0 Å². The zero-order valence-corrected chi connectivity index (χ0v) is 20.1. The van der Waals surface area contributed by atoms with Crippen molar-refractivity contribution in [1.82, 2.24) is 14.2 Å². The van der Waals surface area contributed by atoms with Crippen LogP contribution in [-0.2, 0) is 21.2 Å². The molecule has 1 saturated heterocycles. The summed E-state index contributed by atoms with van der Waals surface area (Å²) in [7, 11) is -3.54. The molecular formula is C25H29N3O4S. The van der Waals surface area contributed by atoms with Gasteiger partial charge in [-0.3, -0.25) is 4.79 Å². The molecule has 0 spiro atoms. The van der Waals surface area contributed by atoms with Crippen LogP contribution in [0, 0.1) is 20.8 Å². The quantitative estimate of drug-likeness (QED) is 0.552. The number of hydrogen-bond acceptors (Lipinski definition) is 5. The van der Waals surface area contributed by atoms with Crippen LogP contribution in [0.4, 0.5) is 0 Å². The second-order valence-corrected chi connectivity index (χ2v) is 10.5. The Morgan fingerprint density at radius 1 is 0.970 bits per heavy atom. The van der Waals surface area contributed by atoms with Crippen molar-refractivity contribution in [3.63, 3.8) is 0 Å². The van der Waals surface area contributed by atoms with Crippen LogP contribution in [0.5, 0.6) is 0 Å². The van der Waals surface area contributed by atoms with Gasteiger partial charge in [-0.15, -0.1) is 0 Å². The molecule has 3 aromatic rings. The molecule has 1 amide bonds. The fraction of sp³-hybridized carbons (Fsp3) is 0.360. The second-order valence-electron chi connectivity index (χ2n) is 8.52. The summed E-state index contributed by atoms with van der Waals surface area (Å²) in [5.74, 6) is 1.20. The molecule has 1 fully saturated rings. The summed E-state index contributed by atoms with van der Waals surface area (Å²) >= 11 is 0. The molecule has 33 heavy (non-hydrogen) atoms. The van der Waals surface area contributed by atoms with E-state index >= 15 is 0 Å². The lowest BCUT2D eigenvalue weighted by molar-refractivity contribution is -0.132. The lowest BCUT2D eigenvalue weighted by Gasteiger charge is -2.34. The molecule has 4 rings (SSSR count). The molecule has 1 aliphatic rings. The molecular weight excluding hydrogens is 438 g/mol. The summed E-state index contributed by atoms with van der Waals surface area (Å²) in [6.07, 6.45) is 2.38. The molecule has 1 aromatic heterocycles. The first-order chi connectivity index (χ1) is 15.7. The third-order valence-corrected chi connectivity index (χ3v) is 8.06.